The normalized spacial score (nSPS) is 9.00. The molecule has 1 rings (SSSR count). The molecule has 0 fully saturated rings. The fourth-order valence-corrected chi connectivity index (χ4v) is 0.898. The van der Waals surface area contributed by atoms with Crippen LogP contribution in [0.1, 0.15) is 23.1 Å². The van der Waals surface area contributed by atoms with Gasteiger partial charge in [0.05, 0.1) is 12.8 Å². The fraction of sp³-hybridized carbons (Fsp3) is 0.200. The van der Waals surface area contributed by atoms with Crippen LogP contribution in [0.4, 0.5) is 5.82 Å². The molecule has 0 spiro atoms. The van der Waals surface area contributed by atoms with Crippen molar-refractivity contribution in [1.82, 2.24) is 9.97 Å². The number of aromatic nitrogens is 2. The van der Waals surface area contributed by atoms with Crippen LogP contribution in [-0.4, -0.2) is 33.6 Å². The molecule has 3 N–H and O–H groups in total. The highest BCUT2D eigenvalue weighted by Gasteiger charge is 2.11. The number of rotatable bonds is 2. The molecule has 88 valence electrons. The van der Waals surface area contributed by atoms with Gasteiger partial charge < -0.3 is 15.6 Å². The molecule has 0 amide bonds. The van der Waals surface area contributed by atoms with Gasteiger partial charge in [0.25, 0.3) is 0 Å². The summed E-state index contributed by atoms with van der Waals surface area (Å²) in [5, 5.41) is 8.73. The number of hydrogen-bond donors (Lipinski definition) is 2. The average molecular weight is 235 g/mol. The van der Waals surface area contributed by atoms with Gasteiger partial charge in [-0.15, -0.1) is 0 Å². The van der Waals surface area contributed by atoms with Gasteiger partial charge in [0.1, 0.15) is 5.69 Å². The van der Waals surface area contributed by atoms with Crippen molar-refractivity contribution in [3.8, 4) is 11.8 Å². The Morgan fingerprint density at radius 2 is 2.29 bits per heavy atom. The molecule has 0 unspecified atom stereocenters. The van der Waals surface area contributed by atoms with Crippen LogP contribution in [0.3, 0.4) is 0 Å². The largest absolute Gasteiger partial charge is 0.476 e. The van der Waals surface area contributed by atoms with Crippen molar-refractivity contribution in [1.29, 1.82) is 0 Å². The first-order chi connectivity index (χ1) is 8.04. The third-order valence-corrected chi connectivity index (χ3v) is 1.57. The minimum absolute atomic E-state index is 0.0321. The van der Waals surface area contributed by atoms with Crippen molar-refractivity contribution in [3.05, 3.63) is 17.6 Å². The van der Waals surface area contributed by atoms with E-state index in [1.807, 2.05) is 0 Å². The van der Waals surface area contributed by atoms with E-state index in [2.05, 4.69) is 26.5 Å². The highest BCUT2D eigenvalue weighted by atomic mass is 16.5. The maximum absolute atomic E-state index is 10.9. The van der Waals surface area contributed by atoms with Crippen LogP contribution in [-0.2, 0) is 9.53 Å². The smallest absolute Gasteiger partial charge is 0.384 e. The van der Waals surface area contributed by atoms with Crippen LogP contribution in [0, 0.1) is 11.8 Å². The Bertz CT molecular complexity index is 516. The lowest BCUT2D eigenvalue weighted by Crippen LogP contribution is -2.08. The minimum atomic E-state index is -1.31. The highest BCUT2D eigenvalue weighted by Crippen LogP contribution is 2.04. The number of hydrogen-bond acceptors (Lipinski definition) is 6. The van der Waals surface area contributed by atoms with E-state index >= 15 is 0 Å². The zero-order valence-electron chi connectivity index (χ0n) is 8.93. The number of carbonyl (C=O) groups excluding carboxylic acids is 1. The number of nitrogens with zero attached hydrogens (tertiary/aromatic N) is 2. The summed E-state index contributed by atoms with van der Waals surface area (Å²) >= 11 is 0. The molecular weight excluding hydrogens is 226 g/mol. The predicted molar refractivity (Wildman–Crippen MR) is 56.9 cm³/mol. The Morgan fingerprint density at radius 1 is 1.59 bits per heavy atom. The summed E-state index contributed by atoms with van der Waals surface area (Å²) in [4.78, 5) is 28.8. The van der Waals surface area contributed by atoms with Crippen LogP contribution in [0.5, 0.6) is 0 Å². The van der Waals surface area contributed by atoms with E-state index in [9.17, 15) is 9.59 Å². The SMILES string of the molecule is CCOC(=O)C#Cc1cnc(N)c(C(=O)O)n1. The Hall–Kier alpha value is -2.62. The topological polar surface area (TPSA) is 115 Å². The molecule has 1 aromatic heterocycles. The van der Waals surface area contributed by atoms with Crippen molar-refractivity contribution >= 4 is 17.8 Å². The summed E-state index contributed by atoms with van der Waals surface area (Å²) < 4.78 is 4.56. The number of nitrogens with two attached hydrogens (primary N) is 1. The lowest BCUT2D eigenvalue weighted by molar-refractivity contribution is -0.136. The summed E-state index contributed by atoms with van der Waals surface area (Å²) in [7, 11) is 0. The summed E-state index contributed by atoms with van der Waals surface area (Å²) in [6.07, 6.45) is 1.17. The Balaban J connectivity index is 2.97. The zero-order valence-corrected chi connectivity index (χ0v) is 8.93. The molecule has 7 nitrogen and oxygen atoms in total. The molecule has 0 aliphatic rings. The van der Waals surface area contributed by atoms with Crippen LogP contribution in [0.25, 0.3) is 0 Å². The number of ether oxygens (including phenoxy) is 1. The van der Waals surface area contributed by atoms with E-state index in [0.29, 0.717) is 0 Å². The summed E-state index contributed by atoms with van der Waals surface area (Å²) in [5.74, 6) is 2.23. The number of carbonyl (C=O) groups is 2. The van der Waals surface area contributed by atoms with Crippen molar-refractivity contribution in [2.45, 2.75) is 6.92 Å². The molecule has 17 heavy (non-hydrogen) atoms. The second kappa shape index (κ2) is 5.46. The van der Waals surface area contributed by atoms with Crippen molar-refractivity contribution < 1.29 is 19.4 Å². The monoisotopic (exact) mass is 235 g/mol. The van der Waals surface area contributed by atoms with E-state index < -0.39 is 17.6 Å². The lowest BCUT2D eigenvalue weighted by atomic mass is 10.3. The number of carboxylic acids is 1. The maximum atomic E-state index is 10.9. The van der Waals surface area contributed by atoms with Gasteiger partial charge in [-0.05, 0) is 12.8 Å². The number of aromatic carboxylic acids is 1. The Labute approximate surface area is 96.6 Å². The van der Waals surface area contributed by atoms with Gasteiger partial charge in [-0.25, -0.2) is 19.6 Å². The predicted octanol–water partition coefficient (Wildman–Crippen LogP) is -0.328. The molecule has 0 radical (unpaired) electrons. The van der Waals surface area contributed by atoms with Crippen LogP contribution >= 0.6 is 0 Å². The van der Waals surface area contributed by atoms with Crippen LogP contribution in [0.15, 0.2) is 6.20 Å². The highest BCUT2D eigenvalue weighted by molar-refractivity contribution is 5.91. The van der Waals surface area contributed by atoms with E-state index in [-0.39, 0.29) is 18.1 Å². The third kappa shape index (κ3) is 3.46. The molecule has 0 saturated heterocycles. The standard InChI is InChI=1S/C10H9N3O4/c1-2-17-7(14)4-3-6-5-12-9(11)8(13-6)10(15)16/h5H,2H2,1H3,(H2,11,12)(H,15,16). The van der Waals surface area contributed by atoms with Crippen LogP contribution in [0.2, 0.25) is 0 Å². The molecule has 1 aromatic rings. The van der Waals surface area contributed by atoms with E-state index in [4.69, 9.17) is 10.8 Å². The van der Waals surface area contributed by atoms with Gasteiger partial charge in [-0.1, -0.05) is 0 Å². The molecule has 0 atom stereocenters. The van der Waals surface area contributed by atoms with Crippen molar-refractivity contribution in [2.75, 3.05) is 12.3 Å². The number of carboxylic acid groups (broad SMARTS) is 1. The quantitative estimate of drug-likeness (QED) is 0.532. The van der Waals surface area contributed by atoms with Gasteiger partial charge in [-0.2, -0.15) is 0 Å². The molecular formula is C10H9N3O4. The fourth-order valence-electron chi connectivity index (χ4n) is 0.898. The number of anilines is 1. The summed E-state index contributed by atoms with van der Waals surface area (Å²) in [6.45, 7) is 1.85. The average Bonchev–Trinajstić information content (AvgIpc) is 2.28. The Morgan fingerprint density at radius 3 is 2.88 bits per heavy atom. The minimum Gasteiger partial charge on any atom is -0.476 e. The number of nitrogen functional groups attached to an aromatic ring is 1. The number of esters is 1. The zero-order chi connectivity index (χ0) is 12.8. The molecule has 0 bridgehead atoms. The van der Waals surface area contributed by atoms with E-state index in [0.717, 1.165) is 0 Å². The first-order valence-electron chi connectivity index (χ1n) is 4.59. The first-order valence-corrected chi connectivity index (χ1v) is 4.59. The maximum Gasteiger partial charge on any atom is 0.384 e. The second-order valence-electron chi connectivity index (χ2n) is 2.76. The lowest BCUT2D eigenvalue weighted by Gasteiger charge is -1.98. The first kappa shape index (κ1) is 12.4. The van der Waals surface area contributed by atoms with Gasteiger partial charge in [0, 0.05) is 5.92 Å². The summed E-state index contributed by atoms with van der Waals surface area (Å²) in [6, 6.07) is 0. The van der Waals surface area contributed by atoms with E-state index in [1.165, 1.54) is 6.20 Å². The van der Waals surface area contributed by atoms with Crippen LogP contribution < -0.4 is 5.73 Å². The third-order valence-electron chi connectivity index (χ3n) is 1.57. The molecule has 0 saturated carbocycles. The van der Waals surface area contributed by atoms with Gasteiger partial charge in [0.2, 0.25) is 0 Å². The molecule has 0 aliphatic heterocycles. The molecule has 7 heteroatoms. The summed E-state index contributed by atoms with van der Waals surface area (Å²) in [5.41, 5.74) is 4.93. The molecule has 1 heterocycles. The molecule has 0 aliphatic carbocycles. The van der Waals surface area contributed by atoms with Crippen molar-refractivity contribution in [3.63, 3.8) is 0 Å². The molecule has 0 aromatic carbocycles. The van der Waals surface area contributed by atoms with E-state index in [1.54, 1.807) is 6.92 Å². The van der Waals surface area contributed by atoms with Gasteiger partial charge in [-0.3, -0.25) is 0 Å². The second-order valence-corrected chi connectivity index (χ2v) is 2.76. The Kier molecular flexibility index (Phi) is 4.00. The van der Waals surface area contributed by atoms with Gasteiger partial charge in [0.15, 0.2) is 11.5 Å². The van der Waals surface area contributed by atoms with Crippen molar-refractivity contribution in [2.24, 2.45) is 0 Å². The van der Waals surface area contributed by atoms with Gasteiger partial charge >= 0.3 is 11.9 Å².